The van der Waals surface area contributed by atoms with Gasteiger partial charge in [-0.15, -0.1) is 0 Å². The Balaban J connectivity index is 2.52. The topological polar surface area (TPSA) is 66.5 Å². The summed E-state index contributed by atoms with van der Waals surface area (Å²) in [6.07, 6.45) is 0.446. The van der Waals surface area contributed by atoms with Gasteiger partial charge in [-0.25, -0.2) is 13.4 Å². The Bertz CT molecular complexity index is 297. The third-order valence-electron chi connectivity index (χ3n) is 1.94. The Morgan fingerprint density at radius 2 is 2.08 bits per heavy atom. The van der Waals surface area contributed by atoms with Crippen molar-refractivity contribution in [3.8, 4) is 0 Å². The van der Waals surface area contributed by atoms with Crippen LogP contribution in [0, 0.1) is 5.92 Å². The monoisotopic (exact) mass is 206 g/mol. The van der Waals surface area contributed by atoms with E-state index in [1.54, 1.807) is 14.1 Å². The van der Waals surface area contributed by atoms with Gasteiger partial charge in [-0.05, 0) is 6.42 Å². The number of hydrogen-bond donors (Lipinski definition) is 1. The highest BCUT2D eigenvalue weighted by atomic mass is 32.2. The van der Waals surface area contributed by atoms with Crippen LogP contribution >= 0.6 is 0 Å². The standard InChI is InChI=1S/C7H14N2O3S/c1-9(2)8-7(10)6-3-4-13(11,12)5-6/h6H,3-5H2,1-2H3,(H,8,10)/t6-/m1/s1. The molecule has 1 fully saturated rings. The molecule has 0 unspecified atom stereocenters. The lowest BCUT2D eigenvalue weighted by molar-refractivity contribution is -0.128. The molecule has 1 aliphatic heterocycles. The quantitative estimate of drug-likeness (QED) is 0.589. The molecule has 0 aromatic heterocycles. The van der Waals surface area contributed by atoms with Crippen LogP contribution in [0.5, 0.6) is 0 Å². The second-order valence-electron chi connectivity index (χ2n) is 3.47. The minimum atomic E-state index is -2.96. The van der Waals surface area contributed by atoms with Crippen LogP contribution in [0.4, 0.5) is 0 Å². The predicted octanol–water partition coefficient (Wildman–Crippen LogP) is -0.986. The lowest BCUT2D eigenvalue weighted by atomic mass is 10.1. The van der Waals surface area contributed by atoms with E-state index in [1.807, 2.05) is 0 Å². The van der Waals surface area contributed by atoms with E-state index in [0.29, 0.717) is 6.42 Å². The number of hydrogen-bond acceptors (Lipinski definition) is 4. The predicted molar refractivity (Wildman–Crippen MR) is 48.6 cm³/mol. The smallest absolute Gasteiger partial charge is 0.238 e. The second-order valence-corrected chi connectivity index (χ2v) is 5.70. The number of hydrazine groups is 1. The van der Waals surface area contributed by atoms with Crippen molar-refractivity contribution in [2.75, 3.05) is 25.6 Å². The third-order valence-corrected chi connectivity index (χ3v) is 3.70. The van der Waals surface area contributed by atoms with Gasteiger partial charge >= 0.3 is 0 Å². The maximum absolute atomic E-state index is 11.3. The van der Waals surface area contributed by atoms with Crippen LogP contribution < -0.4 is 5.43 Å². The molecule has 1 heterocycles. The lowest BCUT2D eigenvalue weighted by Crippen LogP contribution is -2.40. The van der Waals surface area contributed by atoms with E-state index in [2.05, 4.69) is 5.43 Å². The summed E-state index contributed by atoms with van der Waals surface area (Å²) in [4.78, 5) is 11.3. The Kier molecular flexibility index (Phi) is 2.92. The first-order valence-corrected chi connectivity index (χ1v) is 5.91. The Hall–Kier alpha value is -0.620. The van der Waals surface area contributed by atoms with Crippen LogP contribution in [-0.2, 0) is 14.6 Å². The number of nitrogens with one attached hydrogen (secondary N) is 1. The average Bonchev–Trinajstić information content (AvgIpc) is 2.28. The van der Waals surface area contributed by atoms with Gasteiger partial charge in [-0.3, -0.25) is 10.2 Å². The number of rotatable bonds is 2. The van der Waals surface area contributed by atoms with Crippen molar-refractivity contribution >= 4 is 15.7 Å². The summed E-state index contributed by atoms with van der Waals surface area (Å²) in [5, 5.41) is 1.52. The van der Waals surface area contributed by atoms with Gasteiger partial charge in [0.2, 0.25) is 5.91 Å². The number of carbonyl (C=O) groups is 1. The molecular formula is C7H14N2O3S. The molecule has 1 saturated heterocycles. The fourth-order valence-corrected chi connectivity index (χ4v) is 3.05. The molecule has 76 valence electrons. The van der Waals surface area contributed by atoms with Crippen molar-refractivity contribution in [3.63, 3.8) is 0 Å². The van der Waals surface area contributed by atoms with Gasteiger partial charge in [-0.1, -0.05) is 0 Å². The van der Waals surface area contributed by atoms with Crippen molar-refractivity contribution in [2.45, 2.75) is 6.42 Å². The van der Waals surface area contributed by atoms with E-state index in [4.69, 9.17) is 0 Å². The summed E-state index contributed by atoms with van der Waals surface area (Å²) in [6.45, 7) is 0. The minimum Gasteiger partial charge on any atom is -0.289 e. The molecule has 5 nitrogen and oxygen atoms in total. The maximum atomic E-state index is 11.3. The Morgan fingerprint density at radius 3 is 2.46 bits per heavy atom. The number of nitrogens with zero attached hydrogens (tertiary/aromatic N) is 1. The first-order chi connectivity index (χ1) is 5.91. The molecule has 0 aromatic carbocycles. The van der Waals surface area contributed by atoms with Crippen LogP contribution in [-0.4, -0.2) is 44.9 Å². The zero-order chi connectivity index (χ0) is 10.1. The molecular weight excluding hydrogens is 192 g/mol. The van der Waals surface area contributed by atoms with Crippen LogP contribution in [0.15, 0.2) is 0 Å². The molecule has 0 radical (unpaired) electrons. The molecule has 1 atom stereocenters. The third kappa shape index (κ3) is 2.96. The highest BCUT2D eigenvalue weighted by Gasteiger charge is 2.32. The van der Waals surface area contributed by atoms with Crippen LogP contribution in [0.25, 0.3) is 0 Å². The average molecular weight is 206 g/mol. The number of carbonyl (C=O) groups excluding carboxylic acids is 1. The fourth-order valence-electron chi connectivity index (χ4n) is 1.31. The highest BCUT2D eigenvalue weighted by molar-refractivity contribution is 7.91. The molecule has 1 rings (SSSR count). The summed E-state index contributed by atoms with van der Waals surface area (Å²) in [5.41, 5.74) is 2.55. The highest BCUT2D eigenvalue weighted by Crippen LogP contribution is 2.18. The molecule has 0 bridgehead atoms. The van der Waals surface area contributed by atoms with Crippen molar-refractivity contribution in [1.82, 2.24) is 10.4 Å². The van der Waals surface area contributed by atoms with Gasteiger partial charge in [0.15, 0.2) is 9.84 Å². The van der Waals surface area contributed by atoms with Crippen molar-refractivity contribution < 1.29 is 13.2 Å². The Labute approximate surface area is 78.0 Å². The van der Waals surface area contributed by atoms with E-state index < -0.39 is 9.84 Å². The zero-order valence-electron chi connectivity index (χ0n) is 7.78. The number of amides is 1. The van der Waals surface area contributed by atoms with Crippen LogP contribution in [0.2, 0.25) is 0 Å². The van der Waals surface area contributed by atoms with E-state index in [9.17, 15) is 13.2 Å². The first kappa shape index (κ1) is 10.5. The molecule has 1 N–H and O–H groups in total. The lowest BCUT2D eigenvalue weighted by Gasteiger charge is -2.14. The van der Waals surface area contributed by atoms with Crippen LogP contribution in [0.1, 0.15) is 6.42 Å². The van der Waals surface area contributed by atoms with Gasteiger partial charge < -0.3 is 0 Å². The largest absolute Gasteiger partial charge is 0.289 e. The van der Waals surface area contributed by atoms with Gasteiger partial charge in [0.05, 0.1) is 17.4 Å². The number of sulfone groups is 1. The maximum Gasteiger partial charge on any atom is 0.238 e. The molecule has 1 aliphatic rings. The summed E-state index contributed by atoms with van der Waals surface area (Å²) >= 11 is 0. The fraction of sp³-hybridized carbons (Fsp3) is 0.857. The molecule has 0 spiro atoms. The SMILES string of the molecule is CN(C)NC(=O)[C@@H]1CCS(=O)(=O)C1. The second kappa shape index (κ2) is 3.63. The minimum absolute atomic E-state index is 0.00727. The van der Waals surface area contributed by atoms with Crippen molar-refractivity contribution in [2.24, 2.45) is 5.92 Å². The summed E-state index contributed by atoms with van der Waals surface area (Å²) < 4.78 is 22.1. The Morgan fingerprint density at radius 1 is 1.46 bits per heavy atom. The van der Waals surface area contributed by atoms with Gasteiger partial charge in [0.25, 0.3) is 0 Å². The molecule has 13 heavy (non-hydrogen) atoms. The normalized spacial score (nSPS) is 26.2. The van der Waals surface area contributed by atoms with Gasteiger partial charge in [0.1, 0.15) is 0 Å². The first-order valence-electron chi connectivity index (χ1n) is 4.09. The van der Waals surface area contributed by atoms with E-state index >= 15 is 0 Å². The summed E-state index contributed by atoms with van der Waals surface area (Å²) in [5.74, 6) is -0.441. The molecule has 1 amide bonds. The van der Waals surface area contributed by atoms with E-state index in [0.717, 1.165) is 0 Å². The summed E-state index contributed by atoms with van der Waals surface area (Å²) in [7, 11) is 0.436. The molecule has 0 saturated carbocycles. The van der Waals surface area contributed by atoms with Crippen molar-refractivity contribution in [3.05, 3.63) is 0 Å². The zero-order valence-corrected chi connectivity index (χ0v) is 8.60. The van der Waals surface area contributed by atoms with Gasteiger partial charge in [-0.2, -0.15) is 0 Å². The molecule has 0 aromatic rings. The van der Waals surface area contributed by atoms with Crippen LogP contribution in [0.3, 0.4) is 0 Å². The summed E-state index contributed by atoms with van der Waals surface area (Å²) in [6, 6.07) is 0. The van der Waals surface area contributed by atoms with Crippen molar-refractivity contribution in [1.29, 1.82) is 0 Å². The van der Waals surface area contributed by atoms with Gasteiger partial charge in [0, 0.05) is 14.1 Å². The van der Waals surface area contributed by atoms with E-state index in [-0.39, 0.29) is 23.3 Å². The van der Waals surface area contributed by atoms with E-state index in [1.165, 1.54) is 5.01 Å². The molecule has 6 heteroatoms. The molecule has 0 aliphatic carbocycles.